The number of rotatable bonds is 6. The average molecular weight is 345 g/mol. The van der Waals surface area contributed by atoms with Gasteiger partial charge in [0.1, 0.15) is 23.3 Å². The lowest BCUT2D eigenvalue weighted by molar-refractivity contribution is 0.101. The van der Waals surface area contributed by atoms with Crippen molar-refractivity contribution in [3.8, 4) is 11.5 Å². The van der Waals surface area contributed by atoms with Crippen molar-refractivity contribution < 1.29 is 14.3 Å². The summed E-state index contributed by atoms with van der Waals surface area (Å²) in [6.07, 6.45) is 1.35. The molecule has 3 aromatic rings. The second-order valence-electron chi connectivity index (χ2n) is 4.78. The van der Waals surface area contributed by atoms with Crippen LogP contribution >= 0.6 is 11.8 Å². The van der Waals surface area contributed by atoms with Gasteiger partial charge >= 0.3 is 0 Å². The number of carbonyl (C=O) groups excluding carboxylic acids is 1. The van der Waals surface area contributed by atoms with Crippen molar-refractivity contribution in [2.75, 3.05) is 25.7 Å². The molecule has 9 heteroatoms. The molecule has 0 amide bonds. The first-order valence-electron chi connectivity index (χ1n) is 6.96. The predicted octanol–water partition coefficient (Wildman–Crippen LogP) is 1.93. The Morgan fingerprint density at radius 2 is 2.12 bits per heavy atom. The van der Waals surface area contributed by atoms with E-state index in [-0.39, 0.29) is 11.5 Å². The quantitative estimate of drug-likeness (QED) is 0.514. The van der Waals surface area contributed by atoms with E-state index in [2.05, 4.69) is 19.9 Å². The number of Topliss-reactive ketones (excluding diaryl/α,β-unsaturated/α-hetero) is 1. The van der Waals surface area contributed by atoms with Gasteiger partial charge in [-0.1, -0.05) is 11.8 Å². The van der Waals surface area contributed by atoms with E-state index in [1.54, 1.807) is 25.3 Å². The number of aromatic nitrogens is 4. The number of fused-ring (bicyclic) bond motifs is 1. The highest BCUT2D eigenvalue weighted by atomic mass is 32.2. The maximum absolute atomic E-state index is 12.5. The van der Waals surface area contributed by atoms with E-state index >= 15 is 0 Å². The van der Waals surface area contributed by atoms with Crippen LogP contribution in [-0.2, 0) is 0 Å². The van der Waals surface area contributed by atoms with Crippen molar-refractivity contribution in [3.05, 3.63) is 30.1 Å². The normalized spacial score (nSPS) is 10.8. The van der Waals surface area contributed by atoms with Crippen LogP contribution < -0.4 is 15.2 Å². The van der Waals surface area contributed by atoms with E-state index in [1.165, 1.54) is 25.2 Å². The van der Waals surface area contributed by atoms with Crippen molar-refractivity contribution in [2.24, 2.45) is 0 Å². The van der Waals surface area contributed by atoms with Gasteiger partial charge in [0.2, 0.25) is 0 Å². The molecule has 0 unspecified atom stereocenters. The van der Waals surface area contributed by atoms with Crippen molar-refractivity contribution in [1.29, 1.82) is 0 Å². The largest absolute Gasteiger partial charge is 0.497 e. The molecule has 8 nitrogen and oxygen atoms in total. The molecule has 0 bridgehead atoms. The number of benzene rings is 1. The van der Waals surface area contributed by atoms with Crippen molar-refractivity contribution in [1.82, 2.24) is 19.9 Å². The molecule has 0 saturated carbocycles. The number of imidazole rings is 1. The Labute approximate surface area is 141 Å². The number of nitrogen functional groups attached to an aromatic ring is 1. The number of thioether (sulfide) groups is 1. The summed E-state index contributed by atoms with van der Waals surface area (Å²) in [5.41, 5.74) is 7.25. The summed E-state index contributed by atoms with van der Waals surface area (Å²) in [6.45, 7) is 0. The van der Waals surface area contributed by atoms with Gasteiger partial charge in [0, 0.05) is 0 Å². The van der Waals surface area contributed by atoms with Crippen LogP contribution in [0.5, 0.6) is 11.5 Å². The smallest absolute Gasteiger partial charge is 0.183 e. The average Bonchev–Trinajstić information content (AvgIpc) is 3.03. The molecule has 0 saturated heterocycles. The van der Waals surface area contributed by atoms with Crippen LogP contribution in [0, 0.1) is 0 Å². The summed E-state index contributed by atoms with van der Waals surface area (Å²) in [7, 11) is 3.07. The molecule has 0 atom stereocenters. The minimum Gasteiger partial charge on any atom is -0.497 e. The number of nitrogens with two attached hydrogens (primary N) is 1. The van der Waals surface area contributed by atoms with E-state index in [4.69, 9.17) is 15.2 Å². The van der Waals surface area contributed by atoms with Gasteiger partial charge in [-0.15, -0.1) is 0 Å². The fourth-order valence-electron chi connectivity index (χ4n) is 2.14. The Bertz CT molecular complexity index is 896. The first kappa shape index (κ1) is 16.1. The molecule has 0 fully saturated rings. The Kier molecular flexibility index (Phi) is 4.52. The minimum atomic E-state index is -0.102. The maximum atomic E-state index is 12.5. The van der Waals surface area contributed by atoms with Crippen LogP contribution in [0.1, 0.15) is 10.4 Å². The topological polar surface area (TPSA) is 116 Å². The van der Waals surface area contributed by atoms with Crippen LogP contribution in [0.4, 0.5) is 5.82 Å². The number of nitrogens with zero attached hydrogens (tertiary/aromatic N) is 3. The monoisotopic (exact) mass is 345 g/mol. The summed E-state index contributed by atoms with van der Waals surface area (Å²) < 4.78 is 10.4. The molecule has 0 aliphatic carbocycles. The zero-order valence-corrected chi connectivity index (χ0v) is 13.9. The zero-order valence-electron chi connectivity index (χ0n) is 13.1. The molecule has 124 valence electrons. The third-order valence-electron chi connectivity index (χ3n) is 3.34. The van der Waals surface area contributed by atoms with Crippen molar-refractivity contribution >= 4 is 34.5 Å². The second-order valence-corrected chi connectivity index (χ2v) is 5.74. The number of aromatic amines is 1. The maximum Gasteiger partial charge on any atom is 0.183 e. The number of methoxy groups -OCH3 is 2. The summed E-state index contributed by atoms with van der Waals surface area (Å²) in [5, 5.41) is 0.549. The molecular weight excluding hydrogens is 330 g/mol. The number of hydrogen-bond donors (Lipinski definition) is 2. The first-order chi connectivity index (χ1) is 11.6. The third kappa shape index (κ3) is 3.11. The van der Waals surface area contributed by atoms with Gasteiger partial charge in [-0.05, 0) is 18.2 Å². The Morgan fingerprint density at radius 3 is 2.83 bits per heavy atom. The number of ether oxygens (including phenoxy) is 2. The van der Waals surface area contributed by atoms with Crippen LogP contribution in [0.3, 0.4) is 0 Å². The fourth-order valence-corrected chi connectivity index (χ4v) is 2.89. The molecule has 2 aromatic heterocycles. The number of hydrogen-bond acceptors (Lipinski definition) is 8. The van der Waals surface area contributed by atoms with Crippen molar-refractivity contribution in [3.63, 3.8) is 0 Å². The lowest BCUT2D eigenvalue weighted by Crippen LogP contribution is -2.05. The number of ketones is 1. The molecule has 3 rings (SSSR count). The van der Waals surface area contributed by atoms with E-state index in [1.807, 2.05) is 0 Å². The van der Waals surface area contributed by atoms with E-state index in [9.17, 15) is 4.79 Å². The van der Waals surface area contributed by atoms with E-state index in [0.717, 1.165) is 0 Å². The number of carbonyl (C=O) groups is 1. The highest BCUT2D eigenvalue weighted by Gasteiger charge is 2.16. The lowest BCUT2D eigenvalue weighted by Gasteiger charge is -2.09. The van der Waals surface area contributed by atoms with Crippen molar-refractivity contribution in [2.45, 2.75) is 5.16 Å². The molecule has 1 aromatic carbocycles. The molecular formula is C15H15N5O3S. The molecule has 0 aliphatic rings. The van der Waals surface area contributed by atoms with Crippen LogP contribution in [0.15, 0.2) is 29.7 Å². The van der Waals surface area contributed by atoms with Crippen LogP contribution in [0.25, 0.3) is 11.2 Å². The minimum absolute atomic E-state index is 0.102. The Morgan fingerprint density at radius 1 is 1.29 bits per heavy atom. The summed E-state index contributed by atoms with van der Waals surface area (Å²) in [6, 6.07) is 5.10. The summed E-state index contributed by atoms with van der Waals surface area (Å²) in [5.74, 6) is 1.49. The molecule has 0 radical (unpaired) electrons. The molecule has 2 heterocycles. The zero-order chi connectivity index (χ0) is 17.1. The Balaban J connectivity index is 1.78. The molecule has 24 heavy (non-hydrogen) atoms. The Hall–Kier alpha value is -2.81. The van der Waals surface area contributed by atoms with Gasteiger partial charge in [-0.3, -0.25) is 4.79 Å². The van der Waals surface area contributed by atoms with E-state index < -0.39 is 0 Å². The van der Waals surface area contributed by atoms with Gasteiger partial charge in [-0.2, -0.15) is 0 Å². The van der Waals surface area contributed by atoms with Crippen LogP contribution in [0.2, 0.25) is 0 Å². The SMILES string of the molecule is COc1ccc(OC)c(C(=O)CSc2nc3ncnc(N)c3[nH]2)c1. The standard InChI is InChI=1S/C15H15N5O3S/c1-22-8-3-4-11(23-2)9(5-8)10(21)6-24-15-19-12-13(16)17-7-18-14(12)20-15/h3-5,7H,6H2,1-2H3,(H3,16,17,18,19,20). The molecule has 0 aliphatic heterocycles. The van der Waals surface area contributed by atoms with Gasteiger partial charge < -0.3 is 20.2 Å². The van der Waals surface area contributed by atoms with Gasteiger partial charge in [0.15, 0.2) is 22.4 Å². The second kappa shape index (κ2) is 6.75. The summed E-state index contributed by atoms with van der Waals surface area (Å²) >= 11 is 1.25. The van der Waals surface area contributed by atoms with E-state index in [0.29, 0.717) is 39.2 Å². The molecule has 3 N–H and O–H groups in total. The highest BCUT2D eigenvalue weighted by Crippen LogP contribution is 2.27. The third-order valence-corrected chi connectivity index (χ3v) is 4.22. The first-order valence-corrected chi connectivity index (χ1v) is 7.95. The number of H-pyrrole nitrogens is 1. The van der Waals surface area contributed by atoms with Gasteiger partial charge in [0.25, 0.3) is 0 Å². The van der Waals surface area contributed by atoms with Gasteiger partial charge in [-0.25, -0.2) is 15.0 Å². The fraction of sp³-hybridized carbons (Fsp3) is 0.200. The number of anilines is 1. The highest BCUT2D eigenvalue weighted by molar-refractivity contribution is 7.99. The molecule has 0 spiro atoms. The lowest BCUT2D eigenvalue weighted by atomic mass is 10.1. The predicted molar refractivity (Wildman–Crippen MR) is 90.7 cm³/mol. The number of nitrogens with one attached hydrogen (secondary N) is 1. The van der Waals surface area contributed by atoms with Gasteiger partial charge in [0.05, 0.1) is 25.5 Å². The summed E-state index contributed by atoms with van der Waals surface area (Å²) in [4.78, 5) is 27.7. The van der Waals surface area contributed by atoms with Crippen LogP contribution in [-0.4, -0.2) is 45.7 Å².